The summed E-state index contributed by atoms with van der Waals surface area (Å²) < 4.78 is 11.1. The van der Waals surface area contributed by atoms with Gasteiger partial charge in [0.15, 0.2) is 11.3 Å². The Balaban J connectivity index is 0.00000112. The van der Waals surface area contributed by atoms with Crippen molar-refractivity contribution in [1.29, 1.82) is 0 Å². The maximum atomic E-state index is 12.5. The van der Waals surface area contributed by atoms with E-state index in [4.69, 9.17) is 15.9 Å². The second-order valence-corrected chi connectivity index (χ2v) is 7.85. The summed E-state index contributed by atoms with van der Waals surface area (Å²) in [5, 5.41) is 3.41. The number of terminal acetylenes is 1. The fourth-order valence-corrected chi connectivity index (χ4v) is 3.32. The second kappa shape index (κ2) is 15.4. The molecule has 0 aromatic heterocycles. The number of carbonyl (C=O) groups excluding carboxylic acids is 1. The van der Waals surface area contributed by atoms with Gasteiger partial charge in [0, 0.05) is 24.0 Å². The second-order valence-electron chi connectivity index (χ2n) is 7.85. The third-order valence-electron chi connectivity index (χ3n) is 5.43. The van der Waals surface area contributed by atoms with Gasteiger partial charge in [0.05, 0.1) is 7.11 Å². The van der Waals surface area contributed by atoms with Crippen LogP contribution >= 0.6 is 0 Å². The number of methoxy groups -OCH3 is 1. The van der Waals surface area contributed by atoms with Crippen molar-refractivity contribution in [2.45, 2.75) is 27.4 Å². The van der Waals surface area contributed by atoms with Crippen molar-refractivity contribution in [1.82, 2.24) is 0 Å². The van der Waals surface area contributed by atoms with E-state index in [0.29, 0.717) is 5.76 Å². The van der Waals surface area contributed by atoms with Crippen LogP contribution in [0.15, 0.2) is 95.5 Å². The predicted octanol–water partition coefficient (Wildman–Crippen LogP) is 7.29. The van der Waals surface area contributed by atoms with Crippen LogP contribution in [0.3, 0.4) is 0 Å². The molecule has 3 aromatic carbocycles. The lowest BCUT2D eigenvalue weighted by Gasteiger charge is -2.18. The molecule has 0 amide bonds. The molecule has 5 nitrogen and oxygen atoms in total. The Morgan fingerprint density at radius 1 is 0.973 bits per heavy atom. The molecule has 37 heavy (non-hydrogen) atoms. The molecule has 0 aliphatic carbocycles. The minimum absolute atomic E-state index is 0.0438. The highest BCUT2D eigenvalue weighted by atomic mass is 16.5. The Bertz CT molecular complexity index is 1280. The van der Waals surface area contributed by atoms with Crippen molar-refractivity contribution < 1.29 is 14.3 Å². The summed E-state index contributed by atoms with van der Waals surface area (Å²) in [4.78, 5) is 16.1. The van der Waals surface area contributed by atoms with Gasteiger partial charge in [-0.15, -0.1) is 6.42 Å². The molecule has 0 unspecified atom stereocenters. The lowest BCUT2D eigenvalue weighted by Crippen LogP contribution is -2.09. The van der Waals surface area contributed by atoms with Gasteiger partial charge in [-0.2, -0.15) is 0 Å². The van der Waals surface area contributed by atoms with Gasteiger partial charge >= 0.3 is 5.97 Å². The summed E-state index contributed by atoms with van der Waals surface area (Å²) >= 11 is 0. The molecule has 0 heterocycles. The number of nitrogens with one attached hydrogen (secondary N) is 1. The topological polar surface area (TPSA) is 59.9 Å². The van der Waals surface area contributed by atoms with E-state index in [1.165, 1.54) is 7.11 Å². The van der Waals surface area contributed by atoms with Gasteiger partial charge in [-0.1, -0.05) is 60.5 Å². The number of aliphatic imine (C=N–C) groups is 1. The molecule has 0 radical (unpaired) electrons. The summed E-state index contributed by atoms with van der Waals surface area (Å²) in [7, 11) is 3.06. The first kappa shape index (κ1) is 28.7. The van der Waals surface area contributed by atoms with Crippen molar-refractivity contribution in [3.63, 3.8) is 0 Å². The standard InChI is InChI=1S/C29H27NO3.C3H7N/c1-5-21(3)27-19-24(30-23-15-11-8-12-16-23)17-18-26(27)28(25(6-2)29(31)32-4)33-20-22-13-9-7-10-14-22;1-3-4-2/h2,5,7-19,30H,20H2,1,3-4H3;3H,1-2H3/b21-5-,28-25-;. The summed E-state index contributed by atoms with van der Waals surface area (Å²) in [5.74, 6) is 2.17. The lowest BCUT2D eigenvalue weighted by atomic mass is 9.96. The molecular formula is C32H34N2O3. The lowest BCUT2D eigenvalue weighted by molar-refractivity contribution is -0.135. The third kappa shape index (κ3) is 8.55. The van der Waals surface area contributed by atoms with Crippen molar-refractivity contribution in [2.75, 3.05) is 19.5 Å². The van der Waals surface area contributed by atoms with Crippen LogP contribution < -0.4 is 5.32 Å². The minimum atomic E-state index is -0.615. The highest BCUT2D eigenvalue weighted by Gasteiger charge is 2.21. The first-order chi connectivity index (χ1) is 18.0. The molecule has 1 N–H and O–H groups in total. The van der Waals surface area contributed by atoms with Gasteiger partial charge in [0.1, 0.15) is 6.61 Å². The van der Waals surface area contributed by atoms with E-state index in [9.17, 15) is 4.79 Å². The molecule has 0 saturated carbocycles. The number of hydrogen-bond acceptors (Lipinski definition) is 5. The zero-order chi connectivity index (χ0) is 27.0. The van der Waals surface area contributed by atoms with Crippen LogP contribution in [0.4, 0.5) is 11.4 Å². The van der Waals surface area contributed by atoms with E-state index in [1.54, 1.807) is 13.3 Å². The van der Waals surface area contributed by atoms with Crippen LogP contribution in [0.25, 0.3) is 11.3 Å². The number of nitrogens with zero attached hydrogens (tertiary/aromatic N) is 1. The highest BCUT2D eigenvalue weighted by molar-refractivity contribution is 6.01. The number of rotatable bonds is 8. The molecule has 3 rings (SSSR count). The molecule has 0 aliphatic heterocycles. The number of hydrogen-bond donors (Lipinski definition) is 1. The first-order valence-corrected chi connectivity index (χ1v) is 11.9. The number of anilines is 2. The zero-order valence-electron chi connectivity index (χ0n) is 22.1. The summed E-state index contributed by atoms with van der Waals surface area (Å²) in [5.41, 5.74) is 5.53. The number of ether oxygens (including phenoxy) is 2. The molecule has 0 bridgehead atoms. The van der Waals surface area contributed by atoms with Crippen molar-refractivity contribution in [3.8, 4) is 12.3 Å². The molecule has 190 valence electrons. The van der Waals surface area contributed by atoms with E-state index in [0.717, 1.165) is 33.6 Å². The Hall–Kier alpha value is -4.56. The number of carbonyl (C=O) groups is 1. The predicted molar refractivity (Wildman–Crippen MR) is 155 cm³/mol. The summed E-state index contributed by atoms with van der Waals surface area (Å²) in [6.07, 6.45) is 9.49. The molecule has 0 spiro atoms. The van der Waals surface area contributed by atoms with E-state index < -0.39 is 5.97 Å². The smallest absolute Gasteiger partial charge is 0.350 e. The van der Waals surface area contributed by atoms with Crippen LogP contribution in [-0.4, -0.2) is 26.3 Å². The van der Waals surface area contributed by atoms with Gasteiger partial charge in [0.25, 0.3) is 0 Å². The zero-order valence-corrected chi connectivity index (χ0v) is 22.1. The molecular weight excluding hydrogens is 460 g/mol. The van der Waals surface area contributed by atoms with Gasteiger partial charge in [-0.05, 0) is 74.0 Å². The van der Waals surface area contributed by atoms with Crippen LogP contribution in [0.2, 0.25) is 0 Å². The minimum Gasteiger partial charge on any atom is -0.487 e. The maximum absolute atomic E-state index is 12.5. The van der Waals surface area contributed by atoms with Crippen LogP contribution in [-0.2, 0) is 20.9 Å². The maximum Gasteiger partial charge on any atom is 0.350 e. The Kier molecular flexibility index (Phi) is 12.0. The Morgan fingerprint density at radius 2 is 1.59 bits per heavy atom. The van der Waals surface area contributed by atoms with Crippen molar-refractivity contribution in [3.05, 3.63) is 107 Å². The fourth-order valence-electron chi connectivity index (χ4n) is 3.32. The molecule has 0 saturated heterocycles. The van der Waals surface area contributed by atoms with E-state index >= 15 is 0 Å². The van der Waals surface area contributed by atoms with Gasteiger partial charge in [0.2, 0.25) is 0 Å². The van der Waals surface area contributed by atoms with Crippen molar-refractivity contribution in [2.24, 2.45) is 4.99 Å². The molecule has 0 atom stereocenters. The van der Waals surface area contributed by atoms with Gasteiger partial charge in [-0.25, -0.2) is 4.79 Å². The normalized spacial score (nSPS) is 11.5. The van der Waals surface area contributed by atoms with E-state index in [-0.39, 0.29) is 12.2 Å². The number of esters is 1. The summed E-state index contributed by atoms with van der Waals surface area (Å²) in [6, 6.07) is 25.5. The molecule has 0 fully saturated rings. The Labute approximate surface area is 220 Å². The third-order valence-corrected chi connectivity index (χ3v) is 5.43. The average Bonchev–Trinajstić information content (AvgIpc) is 2.95. The van der Waals surface area contributed by atoms with Crippen molar-refractivity contribution >= 4 is 34.9 Å². The molecule has 5 heteroatoms. The van der Waals surface area contributed by atoms with E-state index in [1.807, 2.05) is 106 Å². The van der Waals surface area contributed by atoms with Crippen LogP contribution in [0, 0.1) is 12.3 Å². The average molecular weight is 495 g/mol. The fraction of sp³-hybridized carbons (Fsp3) is 0.188. The molecule has 0 aliphatic rings. The first-order valence-electron chi connectivity index (χ1n) is 11.9. The van der Waals surface area contributed by atoms with E-state index in [2.05, 4.69) is 16.2 Å². The highest BCUT2D eigenvalue weighted by Crippen LogP contribution is 2.33. The number of benzene rings is 3. The number of para-hydroxylation sites is 1. The van der Waals surface area contributed by atoms with Gasteiger partial charge < -0.3 is 19.8 Å². The van der Waals surface area contributed by atoms with Crippen LogP contribution in [0.1, 0.15) is 37.5 Å². The monoisotopic (exact) mass is 494 g/mol. The van der Waals surface area contributed by atoms with Crippen LogP contribution in [0.5, 0.6) is 0 Å². The Morgan fingerprint density at radius 3 is 2.14 bits per heavy atom. The summed E-state index contributed by atoms with van der Waals surface area (Å²) in [6.45, 7) is 6.12. The SMILES string of the molecule is C#C/C(C(=O)OC)=C(/OCc1ccccc1)c1ccc(Nc2ccccc2)cc1/C(C)=C\C.CC=NC. The largest absolute Gasteiger partial charge is 0.487 e. The number of allylic oxidation sites excluding steroid dienone is 2. The quantitative estimate of drug-likeness (QED) is 0.117. The molecule has 3 aromatic rings. The van der Waals surface area contributed by atoms with Gasteiger partial charge in [-0.3, -0.25) is 0 Å².